The van der Waals surface area contributed by atoms with Gasteiger partial charge in [-0.3, -0.25) is 0 Å². The molecule has 1 aliphatic carbocycles. The molecule has 0 amide bonds. The number of benzene rings is 1. The van der Waals surface area contributed by atoms with Gasteiger partial charge < -0.3 is 5.11 Å². The van der Waals surface area contributed by atoms with Crippen molar-refractivity contribution in [2.75, 3.05) is 0 Å². The second-order valence-electron chi connectivity index (χ2n) is 5.30. The lowest BCUT2D eigenvalue weighted by Crippen LogP contribution is -2.43. The highest BCUT2D eigenvalue weighted by Crippen LogP contribution is 2.32. The molecule has 1 aliphatic rings. The third-order valence-electron chi connectivity index (χ3n) is 3.56. The number of halogens is 1. The lowest BCUT2D eigenvalue weighted by Gasteiger charge is -2.25. The smallest absolute Gasteiger partial charge is 0.242 e. The van der Waals surface area contributed by atoms with Gasteiger partial charge >= 0.3 is 0 Å². The van der Waals surface area contributed by atoms with Crippen LogP contribution in [0.4, 0.5) is 0 Å². The Morgan fingerprint density at radius 1 is 1.37 bits per heavy atom. The first-order chi connectivity index (χ1) is 8.86. The maximum absolute atomic E-state index is 12.5. The van der Waals surface area contributed by atoms with Gasteiger partial charge in [-0.05, 0) is 53.4 Å². The number of nitrogens with one attached hydrogen (secondary N) is 1. The Morgan fingerprint density at radius 3 is 2.58 bits per heavy atom. The standard InChI is InChI=1S/C13H18BrNO3S/c1-13(6-2-3-7-13)15-19(17,18)12-8-10(9-16)4-5-11(12)14/h4-5,8,15-16H,2-3,6-7,9H2,1H3. The van der Waals surface area contributed by atoms with Gasteiger partial charge in [0.05, 0.1) is 11.5 Å². The second kappa shape index (κ2) is 5.52. The summed E-state index contributed by atoms with van der Waals surface area (Å²) in [4.78, 5) is 0.187. The lowest BCUT2D eigenvalue weighted by atomic mass is 10.0. The predicted octanol–water partition coefficient (Wildman–Crippen LogP) is 2.55. The van der Waals surface area contributed by atoms with Crippen LogP contribution >= 0.6 is 15.9 Å². The Bertz CT molecular complexity index is 565. The lowest BCUT2D eigenvalue weighted by molar-refractivity contribution is 0.281. The fraction of sp³-hybridized carbons (Fsp3) is 0.538. The molecule has 0 spiro atoms. The molecule has 106 valence electrons. The van der Waals surface area contributed by atoms with Crippen molar-refractivity contribution in [3.63, 3.8) is 0 Å². The molecule has 2 rings (SSSR count). The summed E-state index contributed by atoms with van der Waals surface area (Å²) in [6, 6.07) is 4.85. The van der Waals surface area contributed by atoms with Crippen molar-refractivity contribution in [1.29, 1.82) is 0 Å². The van der Waals surface area contributed by atoms with E-state index >= 15 is 0 Å². The summed E-state index contributed by atoms with van der Waals surface area (Å²) in [7, 11) is -3.57. The van der Waals surface area contributed by atoms with E-state index in [1.54, 1.807) is 12.1 Å². The van der Waals surface area contributed by atoms with Crippen molar-refractivity contribution in [3.05, 3.63) is 28.2 Å². The molecule has 0 heterocycles. The van der Waals surface area contributed by atoms with E-state index in [4.69, 9.17) is 5.11 Å². The SMILES string of the molecule is CC1(NS(=O)(=O)c2cc(CO)ccc2Br)CCCC1. The van der Waals surface area contributed by atoms with Gasteiger partial charge in [0.25, 0.3) is 0 Å². The van der Waals surface area contributed by atoms with Crippen LogP contribution < -0.4 is 4.72 Å². The van der Waals surface area contributed by atoms with E-state index in [9.17, 15) is 8.42 Å². The average molecular weight is 348 g/mol. The van der Waals surface area contributed by atoms with Gasteiger partial charge in [-0.15, -0.1) is 0 Å². The van der Waals surface area contributed by atoms with Gasteiger partial charge in [-0.2, -0.15) is 0 Å². The molecular weight excluding hydrogens is 330 g/mol. The van der Waals surface area contributed by atoms with E-state index in [0.29, 0.717) is 10.0 Å². The van der Waals surface area contributed by atoms with Gasteiger partial charge in [0.2, 0.25) is 10.0 Å². The Labute approximate surface area is 122 Å². The molecule has 0 aromatic heterocycles. The minimum absolute atomic E-state index is 0.174. The summed E-state index contributed by atoms with van der Waals surface area (Å²) in [6.45, 7) is 1.77. The third-order valence-corrected chi connectivity index (χ3v) is 6.19. The summed E-state index contributed by atoms with van der Waals surface area (Å²) >= 11 is 3.26. The van der Waals surface area contributed by atoms with Crippen LogP contribution in [0, 0.1) is 0 Å². The van der Waals surface area contributed by atoms with Gasteiger partial charge in [-0.25, -0.2) is 13.1 Å². The molecule has 2 N–H and O–H groups in total. The van der Waals surface area contributed by atoms with Crippen molar-refractivity contribution < 1.29 is 13.5 Å². The minimum Gasteiger partial charge on any atom is -0.392 e. The Hall–Kier alpha value is -0.430. The van der Waals surface area contributed by atoms with E-state index in [-0.39, 0.29) is 17.0 Å². The Morgan fingerprint density at radius 2 is 2.00 bits per heavy atom. The molecule has 1 aromatic carbocycles. The summed E-state index contributed by atoms with van der Waals surface area (Å²) < 4.78 is 28.2. The largest absolute Gasteiger partial charge is 0.392 e. The number of aliphatic hydroxyl groups excluding tert-OH is 1. The fourth-order valence-electron chi connectivity index (χ4n) is 2.49. The van der Waals surface area contributed by atoms with Crippen LogP contribution in [0.25, 0.3) is 0 Å². The van der Waals surface area contributed by atoms with Crippen LogP contribution in [-0.4, -0.2) is 19.1 Å². The highest BCUT2D eigenvalue weighted by Gasteiger charge is 2.34. The molecule has 0 unspecified atom stereocenters. The van der Waals surface area contributed by atoms with Crippen molar-refractivity contribution in [2.24, 2.45) is 0 Å². The first-order valence-corrected chi connectivity index (χ1v) is 8.57. The number of hydrogen-bond acceptors (Lipinski definition) is 3. The van der Waals surface area contributed by atoms with Crippen LogP contribution in [0.1, 0.15) is 38.2 Å². The fourth-order valence-corrected chi connectivity index (χ4v) is 4.97. The quantitative estimate of drug-likeness (QED) is 0.879. The van der Waals surface area contributed by atoms with Crippen LogP contribution in [-0.2, 0) is 16.6 Å². The monoisotopic (exact) mass is 347 g/mol. The highest BCUT2D eigenvalue weighted by atomic mass is 79.9. The summed E-state index contributed by atoms with van der Waals surface area (Å²) in [5.41, 5.74) is 0.230. The molecule has 0 aliphatic heterocycles. The van der Waals surface area contributed by atoms with Crippen LogP contribution in [0.2, 0.25) is 0 Å². The van der Waals surface area contributed by atoms with E-state index < -0.39 is 10.0 Å². The van der Waals surface area contributed by atoms with E-state index in [1.165, 1.54) is 6.07 Å². The number of sulfonamides is 1. The van der Waals surface area contributed by atoms with Crippen molar-refractivity contribution in [1.82, 2.24) is 4.72 Å². The number of aliphatic hydroxyl groups is 1. The number of rotatable bonds is 4. The minimum atomic E-state index is -3.57. The predicted molar refractivity (Wildman–Crippen MR) is 77.3 cm³/mol. The molecule has 1 fully saturated rings. The van der Waals surface area contributed by atoms with Gasteiger partial charge in [0.15, 0.2) is 0 Å². The normalized spacial score (nSPS) is 18.7. The van der Waals surface area contributed by atoms with Gasteiger partial charge in [0.1, 0.15) is 0 Å². The number of hydrogen-bond donors (Lipinski definition) is 2. The maximum Gasteiger partial charge on any atom is 0.242 e. The second-order valence-corrected chi connectivity index (χ2v) is 7.80. The summed E-state index contributed by atoms with van der Waals surface area (Å²) in [5, 5.41) is 9.12. The average Bonchev–Trinajstić information content (AvgIpc) is 2.75. The molecule has 0 radical (unpaired) electrons. The van der Waals surface area contributed by atoms with Crippen molar-refractivity contribution in [3.8, 4) is 0 Å². The Kier molecular flexibility index (Phi) is 4.35. The zero-order valence-electron chi connectivity index (χ0n) is 10.8. The maximum atomic E-state index is 12.5. The first kappa shape index (κ1) is 15.0. The van der Waals surface area contributed by atoms with E-state index in [2.05, 4.69) is 20.7 Å². The van der Waals surface area contributed by atoms with Gasteiger partial charge in [-0.1, -0.05) is 18.9 Å². The molecule has 6 heteroatoms. The van der Waals surface area contributed by atoms with Crippen molar-refractivity contribution in [2.45, 2.75) is 49.6 Å². The van der Waals surface area contributed by atoms with Crippen LogP contribution in [0.5, 0.6) is 0 Å². The zero-order valence-corrected chi connectivity index (χ0v) is 13.2. The molecule has 19 heavy (non-hydrogen) atoms. The van der Waals surface area contributed by atoms with Crippen molar-refractivity contribution >= 4 is 26.0 Å². The van der Waals surface area contributed by atoms with E-state index in [1.807, 2.05) is 6.92 Å². The molecule has 0 bridgehead atoms. The first-order valence-electron chi connectivity index (χ1n) is 6.30. The molecular formula is C13H18BrNO3S. The highest BCUT2D eigenvalue weighted by molar-refractivity contribution is 9.10. The third kappa shape index (κ3) is 3.37. The summed E-state index contributed by atoms with van der Waals surface area (Å²) in [5.74, 6) is 0. The molecule has 1 aromatic rings. The molecule has 1 saturated carbocycles. The summed E-state index contributed by atoms with van der Waals surface area (Å²) in [6.07, 6.45) is 3.83. The van der Waals surface area contributed by atoms with Gasteiger partial charge in [0, 0.05) is 10.0 Å². The molecule has 4 nitrogen and oxygen atoms in total. The van der Waals surface area contributed by atoms with Crippen LogP contribution in [0.3, 0.4) is 0 Å². The Balaban J connectivity index is 2.33. The van der Waals surface area contributed by atoms with E-state index in [0.717, 1.165) is 25.7 Å². The zero-order chi connectivity index (χ0) is 14.1. The molecule has 0 atom stereocenters. The molecule has 0 saturated heterocycles. The van der Waals surface area contributed by atoms with Crippen LogP contribution in [0.15, 0.2) is 27.6 Å². The topological polar surface area (TPSA) is 66.4 Å².